The SMILES string of the molecule is CCOc1cc(/C2=N/C/N=C\C=C/C(C)N2)cc(-c2ccncc2)c1. The first-order chi connectivity index (χ1) is 12.3. The van der Waals surface area contributed by atoms with E-state index in [9.17, 15) is 0 Å². The number of hydrogen-bond acceptors (Lipinski definition) is 5. The van der Waals surface area contributed by atoms with Gasteiger partial charge in [0.25, 0.3) is 0 Å². The summed E-state index contributed by atoms with van der Waals surface area (Å²) < 4.78 is 5.76. The Kier molecular flexibility index (Phi) is 5.57. The van der Waals surface area contributed by atoms with Gasteiger partial charge in [-0.15, -0.1) is 0 Å². The molecular formula is C20H22N4O. The number of nitrogens with one attached hydrogen (secondary N) is 1. The molecule has 128 valence electrons. The highest BCUT2D eigenvalue weighted by Crippen LogP contribution is 2.26. The van der Waals surface area contributed by atoms with E-state index >= 15 is 0 Å². The quantitative estimate of drug-likeness (QED) is 0.931. The van der Waals surface area contributed by atoms with Crippen LogP contribution in [0.5, 0.6) is 5.75 Å². The van der Waals surface area contributed by atoms with Gasteiger partial charge in [-0.05, 0) is 61.4 Å². The first-order valence-corrected chi connectivity index (χ1v) is 8.42. The molecule has 1 aliphatic heterocycles. The van der Waals surface area contributed by atoms with Crippen molar-refractivity contribution >= 4 is 12.1 Å². The van der Waals surface area contributed by atoms with Gasteiger partial charge in [-0.2, -0.15) is 0 Å². The number of hydrogen-bond donors (Lipinski definition) is 1. The second-order valence-corrected chi connectivity index (χ2v) is 5.71. The molecule has 0 fully saturated rings. The van der Waals surface area contributed by atoms with Crippen molar-refractivity contribution in [1.82, 2.24) is 10.3 Å². The van der Waals surface area contributed by atoms with Gasteiger partial charge in [0, 0.05) is 30.2 Å². The number of nitrogens with zero attached hydrogens (tertiary/aromatic N) is 3. The second-order valence-electron chi connectivity index (χ2n) is 5.71. The average molecular weight is 334 g/mol. The molecule has 0 aliphatic carbocycles. The highest BCUT2D eigenvalue weighted by molar-refractivity contribution is 6.00. The number of allylic oxidation sites excluding steroid dienone is 1. The van der Waals surface area contributed by atoms with Crippen LogP contribution in [0.1, 0.15) is 19.4 Å². The fourth-order valence-corrected chi connectivity index (χ4v) is 2.62. The highest BCUT2D eigenvalue weighted by Gasteiger charge is 2.11. The Morgan fingerprint density at radius 2 is 1.92 bits per heavy atom. The normalized spacial score (nSPS) is 21.7. The van der Waals surface area contributed by atoms with Gasteiger partial charge in [-0.25, -0.2) is 4.99 Å². The third kappa shape index (κ3) is 4.53. The molecule has 5 nitrogen and oxygen atoms in total. The largest absolute Gasteiger partial charge is 0.494 e. The Labute approximate surface area is 148 Å². The maximum absolute atomic E-state index is 5.76. The van der Waals surface area contributed by atoms with Gasteiger partial charge in [-0.1, -0.05) is 6.08 Å². The fourth-order valence-electron chi connectivity index (χ4n) is 2.62. The van der Waals surface area contributed by atoms with Gasteiger partial charge in [0.05, 0.1) is 6.61 Å². The molecule has 1 aromatic carbocycles. The van der Waals surface area contributed by atoms with Gasteiger partial charge in [0.1, 0.15) is 18.3 Å². The van der Waals surface area contributed by atoms with Crippen LogP contribution in [0.15, 0.2) is 64.9 Å². The molecule has 1 N–H and O–H groups in total. The van der Waals surface area contributed by atoms with E-state index < -0.39 is 0 Å². The van der Waals surface area contributed by atoms with E-state index in [0.29, 0.717) is 13.3 Å². The zero-order chi connectivity index (χ0) is 17.5. The molecule has 1 aromatic heterocycles. The average Bonchev–Trinajstić information content (AvgIpc) is 2.74. The third-order valence-electron chi connectivity index (χ3n) is 3.77. The van der Waals surface area contributed by atoms with Crippen LogP contribution in [0.3, 0.4) is 0 Å². The maximum Gasteiger partial charge on any atom is 0.131 e. The number of amidine groups is 1. The molecule has 1 aliphatic rings. The third-order valence-corrected chi connectivity index (χ3v) is 3.77. The summed E-state index contributed by atoms with van der Waals surface area (Å²) >= 11 is 0. The molecule has 0 saturated heterocycles. The lowest BCUT2D eigenvalue weighted by Gasteiger charge is -2.16. The van der Waals surface area contributed by atoms with Crippen LogP contribution in [0.2, 0.25) is 0 Å². The molecule has 0 radical (unpaired) electrons. The summed E-state index contributed by atoms with van der Waals surface area (Å²) in [5, 5.41) is 3.44. The summed E-state index contributed by atoms with van der Waals surface area (Å²) in [7, 11) is 0. The fraction of sp³-hybridized carbons (Fsp3) is 0.250. The van der Waals surface area contributed by atoms with Crippen LogP contribution in [0.25, 0.3) is 11.1 Å². The molecule has 1 unspecified atom stereocenters. The van der Waals surface area contributed by atoms with E-state index in [0.717, 1.165) is 28.3 Å². The Morgan fingerprint density at radius 3 is 2.72 bits per heavy atom. The Balaban J connectivity index is 2.03. The van der Waals surface area contributed by atoms with Crippen molar-refractivity contribution in [3.63, 3.8) is 0 Å². The topological polar surface area (TPSA) is 58.9 Å². The van der Waals surface area contributed by atoms with E-state index in [-0.39, 0.29) is 6.04 Å². The van der Waals surface area contributed by atoms with Gasteiger partial charge >= 0.3 is 0 Å². The smallest absolute Gasteiger partial charge is 0.131 e. The van der Waals surface area contributed by atoms with E-state index in [2.05, 4.69) is 39.4 Å². The molecule has 2 heterocycles. The van der Waals surface area contributed by atoms with Crippen LogP contribution in [-0.2, 0) is 0 Å². The van der Waals surface area contributed by atoms with Crippen LogP contribution < -0.4 is 10.1 Å². The van der Waals surface area contributed by atoms with Crippen molar-refractivity contribution in [2.24, 2.45) is 9.98 Å². The summed E-state index contributed by atoms with van der Waals surface area (Å²) in [5.74, 6) is 1.64. The van der Waals surface area contributed by atoms with E-state index in [1.807, 2.05) is 37.3 Å². The molecule has 3 rings (SSSR count). The van der Waals surface area contributed by atoms with Gasteiger partial charge in [-0.3, -0.25) is 9.98 Å². The molecule has 2 aromatic rings. The summed E-state index contributed by atoms with van der Waals surface area (Å²) in [4.78, 5) is 13.0. The van der Waals surface area contributed by atoms with E-state index in [1.165, 1.54) is 0 Å². The summed E-state index contributed by atoms with van der Waals surface area (Å²) in [5.41, 5.74) is 3.14. The highest BCUT2D eigenvalue weighted by atomic mass is 16.5. The zero-order valence-corrected chi connectivity index (χ0v) is 14.5. The van der Waals surface area contributed by atoms with Crippen LogP contribution in [-0.4, -0.2) is 36.4 Å². The lowest BCUT2D eigenvalue weighted by molar-refractivity contribution is 0.340. The lowest BCUT2D eigenvalue weighted by Crippen LogP contribution is -2.32. The first-order valence-electron chi connectivity index (χ1n) is 8.42. The van der Waals surface area contributed by atoms with Crippen molar-refractivity contribution in [3.8, 4) is 16.9 Å². The van der Waals surface area contributed by atoms with Crippen molar-refractivity contribution in [3.05, 3.63) is 60.4 Å². The first kappa shape index (κ1) is 16.9. The minimum Gasteiger partial charge on any atom is -0.494 e. The molecule has 25 heavy (non-hydrogen) atoms. The molecule has 0 bridgehead atoms. The Bertz CT molecular complexity index is 797. The Morgan fingerprint density at radius 1 is 1.12 bits per heavy atom. The minimum atomic E-state index is 0.156. The van der Waals surface area contributed by atoms with E-state index in [1.54, 1.807) is 18.6 Å². The maximum atomic E-state index is 5.76. The standard InChI is InChI=1S/C20H22N4O/c1-3-25-19-12-17(16-6-9-21-10-7-16)11-18(13-19)20-23-14-22-8-4-5-15(2)24-20/h4-13,15H,3,14H2,1-2H3,(H,23,24)/b5-4-,22-8-. The predicted octanol–water partition coefficient (Wildman–Crippen LogP) is 3.47. The number of pyridine rings is 1. The summed E-state index contributed by atoms with van der Waals surface area (Å²) in [6.07, 6.45) is 9.36. The molecule has 5 heteroatoms. The van der Waals surface area contributed by atoms with Crippen LogP contribution in [0, 0.1) is 0 Å². The van der Waals surface area contributed by atoms with Gasteiger partial charge < -0.3 is 10.1 Å². The van der Waals surface area contributed by atoms with Crippen LogP contribution in [0.4, 0.5) is 0 Å². The molecule has 1 atom stereocenters. The molecular weight excluding hydrogens is 312 g/mol. The predicted molar refractivity (Wildman–Crippen MR) is 102 cm³/mol. The molecule has 0 spiro atoms. The summed E-state index contributed by atoms with van der Waals surface area (Å²) in [6, 6.07) is 10.3. The van der Waals surface area contributed by atoms with Gasteiger partial charge in [0.15, 0.2) is 0 Å². The van der Waals surface area contributed by atoms with E-state index in [4.69, 9.17) is 4.74 Å². The van der Waals surface area contributed by atoms with Crippen molar-refractivity contribution in [1.29, 1.82) is 0 Å². The number of benzene rings is 1. The van der Waals surface area contributed by atoms with Gasteiger partial charge in [0.2, 0.25) is 0 Å². The van der Waals surface area contributed by atoms with Crippen molar-refractivity contribution in [2.45, 2.75) is 19.9 Å². The minimum absolute atomic E-state index is 0.156. The number of aromatic nitrogens is 1. The molecule has 0 saturated carbocycles. The lowest BCUT2D eigenvalue weighted by atomic mass is 10.0. The number of aliphatic imine (C=N–C) groups is 2. The number of ether oxygens (including phenoxy) is 1. The number of rotatable bonds is 4. The second kappa shape index (κ2) is 8.24. The zero-order valence-electron chi connectivity index (χ0n) is 14.5. The monoisotopic (exact) mass is 334 g/mol. The molecule has 0 amide bonds. The van der Waals surface area contributed by atoms with Crippen molar-refractivity contribution in [2.75, 3.05) is 13.3 Å². The van der Waals surface area contributed by atoms with Crippen LogP contribution >= 0.6 is 0 Å². The van der Waals surface area contributed by atoms with Crippen molar-refractivity contribution < 1.29 is 4.74 Å². The Hall–Kier alpha value is -2.95. The summed E-state index contributed by atoms with van der Waals surface area (Å²) in [6.45, 7) is 5.07.